The molecule has 0 saturated carbocycles. The van der Waals surface area contributed by atoms with Gasteiger partial charge in [0.25, 0.3) is 11.8 Å². The molecule has 2 aliphatic rings. The van der Waals surface area contributed by atoms with E-state index in [-0.39, 0.29) is 23.9 Å². The predicted molar refractivity (Wildman–Crippen MR) is 95.1 cm³/mol. The highest BCUT2D eigenvalue weighted by Crippen LogP contribution is 2.22. The summed E-state index contributed by atoms with van der Waals surface area (Å²) in [5, 5.41) is 0. The lowest BCUT2D eigenvalue weighted by Crippen LogP contribution is -2.43. The molecule has 1 aromatic rings. The molecular weight excluding hydrogens is 300 g/mol. The van der Waals surface area contributed by atoms with Crippen molar-refractivity contribution in [1.82, 2.24) is 9.80 Å². The number of amides is 2. The van der Waals surface area contributed by atoms with E-state index in [1.807, 2.05) is 28.0 Å². The minimum Gasteiger partial charge on any atom is -0.336 e. The van der Waals surface area contributed by atoms with Gasteiger partial charge in [-0.25, -0.2) is 0 Å². The normalized spacial score (nSPS) is 24.8. The molecule has 4 nitrogen and oxygen atoms in total. The maximum atomic E-state index is 12.8. The molecule has 2 fully saturated rings. The number of hydrogen-bond donors (Lipinski definition) is 0. The molecule has 0 radical (unpaired) electrons. The zero-order valence-electron chi connectivity index (χ0n) is 14.8. The van der Waals surface area contributed by atoms with Crippen LogP contribution >= 0.6 is 0 Å². The lowest BCUT2D eigenvalue weighted by atomic mass is 10.00. The zero-order valence-corrected chi connectivity index (χ0v) is 14.8. The Morgan fingerprint density at radius 2 is 1.29 bits per heavy atom. The first kappa shape index (κ1) is 17.0. The van der Waals surface area contributed by atoms with Crippen LogP contribution in [0.1, 0.15) is 73.1 Å². The van der Waals surface area contributed by atoms with E-state index in [1.54, 1.807) is 6.07 Å². The SMILES string of the molecule is C[C@@H]1CCCCN1C(=O)c1cccc(C(=O)N2CCCC[C@@H]2C)c1. The molecule has 2 atom stereocenters. The van der Waals surface area contributed by atoms with E-state index in [0.29, 0.717) is 11.1 Å². The smallest absolute Gasteiger partial charge is 0.254 e. The van der Waals surface area contributed by atoms with Crippen molar-refractivity contribution in [2.24, 2.45) is 0 Å². The van der Waals surface area contributed by atoms with Gasteiger partial charge in [-0.15, -0.1) is 0 Å². The minimum atomic E-state index is 0.0588. The van der Waals surface area contributed by atoms with Crippen LogP contribution in [-0.2, 0) is 0 Å². The number of benzene rings is 1. The number of piperidine rings is 2. The van der Waals surface area contributed by atoms with Crippen LogP contribution in [0.2, 0.25) is 0 Å². The molecule has 2 heterocycles. The van der Waals surface area contributed by atoms with Crippen molar-refractivity contribution in [1.29, 1.82) is 0 Å². The highest BCUT2D eigenvalue weighted by Gasteiger charge is 2.27. The van der Waals surface area contributed by atoms with Gasteiger partial charge in [-0.1, -0.05) is 6.07 Å². The van der Waals surface area contributed by atoms with Crippen molar-refractivity contribution < 1.29 is 9.59 Å². The monoisotopic (exact) mass is 328 g/mol. The summed E-state index contributed by atoms with van der Waals surface area (Å²) in [6, 6.07) is 7.86. The number of carbonyl (C=O) groups excluding carboxylic acids is 2. The highest BCUT2D eigenvalue weighted by molar-refractivity contribution is 6.00. The summed E-state index contributed by atoms with van der Waals surface area (Å²) >= 11 is 0. The Morgan fingerprint density at radius 1 is 0.833 bits per heavy atom. The summed E-state index contributed by atoms with van der Waals surface area (Å²) in [4.78, 5) is 29.6. The summed E-state index contributed by atoms with van der Waals surface area (Å²) in [6.45, 7) is 5.87. The second-order valence-electron chi connectivity index (χ2n) is 7.27. The molecule has 2 amide bonds. The van der Waals surface area contributed by atoms with E-state index < -0.39 is 0 Å². The molecular formula is C20H28N2O2. The maximum Gasteiger partial charge on any atom is 0.254 e. The summed E-state index contributed by atoms with van der Waals surface area (Å²) < 4.78 is 0. The Labute approximate surface area is 144 Å². The first-order chi connectivity index (χ1) is 11.6. The van der Waals surface area contributed by atoms with Crippen molar-refractivity contribution in [3.63, 3.8) is 0 Å². The van der Waals surface area contributed by atoms with E-state index in [1.165, 1.54) is 12.8 Å². The Hall–Kier alpha value is -1.84. The van der Waals surface area contributed by atoms with E-state index in [0.717, 1.165) is 38.8 Å². The fraction of sp³-hybridized carbons (Fsp3) is 0.600. The van der Waals surface area contributed by atoms with Gasteiger partial charge < -0.3 is 9.80 Å². The Kier molecular flexibility index (Phi) is 5.22. The molecule has 0 aromatic heterocycles. The molecule has 0 bridgehead atoms. The standard InChI is InChI=1S/C20H28N2O2/c1-15-8-3-5-12-21(15)19(23)17-10-7-11-18(14-17)20(24)22-13-6-4-9-16(22)2/h7,10-11,14-16H,3-6,8-9,12-13H2,1-2H3/t15-,16+. The molecule has 130 valence electrons. The lowest BCUT2D eigenvalue weighted by molar-refractivity contribution is 0.0634. The molecule has 0 N–H and O–H groups in total. The van der Waals surface area contributed by atoms with Crippen LogP contribution in [0.5, 0.6) is 0 Å². The number of hydrogen-bond acceptors (Lipinski definition) is 2. The topological polar surface area (TPSA) is 40.6 Å². The first-order valence-corrected chi connectivity index (χ1v) is 9.30. The van der Waals surface area contributed by atoms with Crippen LogP contribution < -0.4 is 0 Å². The Balaban J connectivity index is 1.78. The molecule has 4 heteroatoms. The molecule has 0 unspecified atom stereocenters. The molecule has 0 aliphatic carbocycles. The maximum absolute atomic E-state index is 12.8. The summed E-state index contributed by atoms with van der Waals surface area (Å²) in [7, 11) is 0. The molecule has 1 aromatic carbocycles. The third-order valence-corrected chi connectivity index (χ3v) is 5.48. The lowest BCUT2D eigenvalue weighted by Gasteiger charge is -2.34. The fourth-order valence-electron chi connectivity index (χ4n) is 3.92. The van der Waals surface area contributed by atoms with Gasteiger partial charge in [0, 0.05) is 36.3 Å². The van der Waals surface area contributed by atoms with Crippen LogP contribution in [0.15, 0.2) is 24.3 Å². The molecule has 2 saturated heterocycles. The van der Waals surface area contributed by atoms with Crippen LogP contribution in [0.4, 0.5) is 0 Å². The van der Waals surface area contributed by atoms with Crippen molar-refractivity contribution in [2.45, 2.75) is 64.5 Å². The summed E-state index contributed by atoms with van der Waals surface area (Å²) in [5.41, 5.74) is 1.28. The van der Waals surface area contributed by atoms with Gasteiger partial charge in [0.2, 0.25) is 0 Å². The van der Waals surface area contributed by atoms with E-state index in [4.69, 9.17) is 0 Å². The first-order valence-electron chi connectivity index (χ1n) is 9.30. The molecule has 3 rings (SSSR count). The van der Waals surface area contributed by atoms with Gasteiger partial charge in [-0.3, -0.25) is 9.59 Å². The molecule has 0 spiro atoms. The largest absolute Gasteiger partial charge is 0.336 e. The summed E-state index contributed by atoms with van der Waals surface area (Å²) in [6.07, 6.45) is 6.65. The van der Waals surface area contributed by atoms with Crippen LogP contribution in [0.25, 0.3) is 0 Å². The summed E-state index contributed by atoms with van der Waals surface area (Å²) in [5.74, 6) is 0.118. The van der Waals surface area contributed by atoms with Crippen molar-refractivity contribution in [2.75, 3.05) is 13.1 Å². The van der Waals surface area contributed by atoms with E-state index in [2.05, 4.69) is 13.8 Å². The van der Waals surface area contributed by atoms with E-state index >= 15 is 0 Å². The molecule has 2 aliphatic heterocycles. The van der Waals surface area contributed by atoms with Crippen LogP contribution in [-0.4, -0.2) is 46.8 Å². The number of rotatable bonds is 2. The number of nitrogens with zero attached hydrogens (tertiary/aromatic N) is 2. The number of likely N-dealkylation sites (tertiary alicyclic amines) is 2. The fourth-order valence-corrected chi connectivity index (χ4v) is 3.92. The third-order valence-electron chi connectivity index (χ3n) is 5.48. The van der Waals surface area contributed by atoms with Gasteiger partial charge in [0.05, 0.1) is 0 Å². The highest BCUT2D eigenvalue weighted by atomic mass is 16.2. The van der Waals surface area contributed by atoms with Gasteiger partial charge in [-0.05, 0) is 70.6 Å². The Morgan fingerprint density at radius 3 is 1.71 bits per heavy atom. The van der Waals surface area contributed by atoms with Crippen molar-refractivity contribution in [3.8, 4) is 0 Å². The molecule has 24 heavy (non-hydrogen) atoms. The quantitative estimate of drug-likeness (QED) is 0.830. The average Bonchev–Trinajstić information content (AvgIpc) is 2.61. The van der Waals surface area contributed by atoms with Gasteiger partial charge in [-0.2, -0.15) is 0 Å². The van der Waals surface area contributed by atoms with Gasteiger partial charge in [0.1, 0.15) is 0 Å². The number of carbonyl (C=O) groups is 2. The minimum absolute atomic E-state index is 0.0588. The van der Waals surface area contributed by atoms with Gasteiger partial charge >= 0.3 is 0 Å². The zero-order chi connectivity index (χ0) is 17.1. The predicted octanol–water partition coefficient (Wildman–Crippen LogP) is 3.72. The average molecular weight is 328 g/mol. The van der Waals surface area contributed by atoms with Crippen molar-refractivity contribution in [3.05, 3.63) is 35.4 Å². The Bertz CT molecular complexity index is 564. The third kappa shape index (κ3) is 3.47. The second kappa shape index (κ2) is 7.37. The van der Waals surface area contributed by atoms with Gasteiger partial charge in [0.15, 0.2) is 0 Å². The van der Waals surface area contributed by atoms with Crippen LogP contribution in [0, 0.1) is 0 Å². The second-order valence-corrected chi connectivity index (χ2v) is 7.27. The van der Waals surface area contributed by atoms with Crippen LogP contribution in [0.3, 0.4) is 0 Å². The van der Waals surface area contributed by atoms with Crippen molar-refractivity contribution >= 4 is 11.8 Å². The van der Waals surface area contributed by atoms with E-state index in [9.17, 15) is 9.59 Å².